The number of benzene rings is 2. The number of carboxylic acids is 1. The van der Waals surface area contributed by atoms with E-state index in [1.54, 1.807) is 20.8 Å². The molecule has 0 radical (unpaired) electrons. The van der Waals surface area contributed by atoms with Gasteiger partial charge >= 0.3 is 12.1 Å². The Bertz CT molecular complexity index is 1190. The summed E-state index contributed by atoms with van der Waals surface area (Å²) in [6.07, 6.45) is 0.336. The highest BCUT2D eigenvalue weighted by Crippen LogP contribution is 2.35. The van der Waals surface area contributed by atoms with Gasteiger partial charge in [0.2, 0.25) is 0 Å². The summed E-state index contributed by atoms with van der Waals surface area (Å²) < 4.78 is 34.2. The predicted molar refractivity (Wildman–Crippen MR) is 125 cm³/mol. The van der Waals surface area contributed by atoms with E-state index in [1.807, 2.05) is 0 Å². The van der Waals surface area contributed by atoms with Crippen LogP contribution in [-0.4, -0.2) is 40.3 Å². The van der Waals surface area contributed by atoms with E-state index in [-0.39, 0.29) is 28.3 Å². The van der Waals surface area contributed by atoms with Crippen LogP contribution >= 0.6 is 23.4 Å². The molecule has 0 aliphatic carbocycles. The molecule has 2 N–H and O–H groups in total. The monoisotopic (exact) mass is 509 g/mol. The number of nitrogens with one attached hydrogen (secondary N) is 1. The van der Waals surface area contributed by atoms with E-state index in [9.17, 15) is 28.3 Å². The lowest BCUT2D eigenvalue weighted by atomic mass is 9.94. The standard InChI is InChI=1S/C24H22ClF2NO5S/c1-24(2,3)33-23(32)28-19-11-34-21-10-18(27)16(22(30)31)9-15(21)13(7-20(19)29)6-12-4-5-14(25)8-17(12)26/h4-5,7-10,19H,6,11H2,1-3H3,(H,28,32)(H,30,31)/t19-/m0/s1. The van der Waals surface area contributed by atoms with Crippen molar-refractivity contribution in [2.24, 2.45) is 0 Å². The molecular formula is C24H22ClF2NO5S. The van der Waals surface area contributed by atoms with Crippen molar-refractivity contribution >= 4 is 46.8 Å². The summed E-state index contributed by atoms with van der Waals surface area (Å²) in [6.45, 7) is 5.04. The average molecular weight is 510 g/mol. The van der Waals surface area contributed by atoms with Crippen molar-refractivity contribution < 1.29 is 33.0 Å². The number of fused-ring (bicyclic) bond motifs is 1. The van der Waals surface area contributed by atoms with Gasteiger partial charge in [-0.2, -0.15) is 0 Å². The molecule has 0 saturated heterocycles. The number of rotatable bonds is 4. The first-order valence-corrected chi connectivity index (χ1v) is 11.6. The molecule has 2 aromatic carbocycles. The zero-order valence-corrected chi connectivity index (χ0v) is 20.2. The molecule has 180 valence electrons. The molecule has 1 aliphatic rings. The lowest BCUT2D eigenvalue weighted by Crippen LogP contribution is -2.44. The highest BCUT2D eigenvalue weighted by molar-refractivity contribution is 7.99. The van der Waals surface area contributed by atoms with Gasteiger partial charge in [-0.05, 0) is 67.8 Å². The number of carbonyl (C=O) groups is 3. The topological polar surface area (TPSA) is 92.7 Å². The van der Waals surface area contributed by atoms with Gasteiger partial charge in [0, 0.05) is 22.1 Å². The summed E-state index contributed by atoms with van der Waals surface area (Å²) in [6, 6.07) is 5.26. The highest BCUT2D eigenvalue weighted by Gasteiger charge is 2.28. The number of ketones is 1. The molecule has 0 spiro atoms. The van der Waals surface area contributed by atoms with Gasteiger partial charge in [-0.3, -0.25) is 4.79 Å². The molecule has 34 heavy (non-hydrogen) atoms. The summed E-state index contributed by atoms with van der Waals surface area (Å²) in [4.78, 5) is 37.1. The van der Waals surface area contributed by atoms with E-state index in [0.29, 0.717) is 10.5 Å². The van der Waals surface area contributed by atoms with Gasteiger partial charge in [-0.1, -0.05) is 17.7 Å². The van der Waals surface area contributed by atoms with Crippen LogP contribution in [0.2, 0.25) is 5.02 Å². The first kappa shape index (κ1) is 25.7. The van der Waals surface area contributed by atoms with Crippen LogP contribution in [0.1, 0.15) is 42.3 Å². The Morgan fingerprint density at radius 3 is 2.53 bits per heavy atom. The second-order valence-corrected chi connectivity index (χ2v) is 10.1. The van der Waals surface area contributed by atoms with Crippen LogP contribution in [0, 0.1) is 11.6 Å². The summed E-state index contributed by atoms with van der Waals surface area (Å²) >= 11 is 6.90. The van der Waals surface area contributed by atoms with E-state index < -0.39 is 46.7 Å². The summed E-state index contributed by atoms with van der Waals surface area (Å²) in [5.41, 5.74) is -0.581. The van der Waals surface area contributed by atoms with E-state index in [0.717, 1.165) is 30.0 Å². The van der Waals surface area contributed by atoms with Crippen LogP contribution in [0.25, 0.3) is 5.57 Å². The number of allylic oxidation sites excluding steroid dienone is 1. The Morgan fingerprint density at radius 2 is 1.91 bits per heavy atom. The molecule has 0 fully saturated rings. The van der Waals surface area contributed by atoms with Gasteiger partial charge in [0.25, 0.3) is 0 Å². The smallest absolute Gasteiger partial charge is 0.408 e. The lowest BCUT2D eigenvalue weighted by Gasteiger charge is -2.24. The predicted octanol–water partition coefficient (Wildman–Crippen LogP) is 5.51. The van der Waals surface area contributed by atoms with E-state index in [1.165, 1.54) is 18.2 Å². The number of carboxylic acid groups (broad SMARTS) is 1. The fraction of sp³-hybridized carbons (Fsp3) is 0.292. The van der Waals surface area contributed by atoms with Gasteiger partial charge in [-0.25, -0.2) is 18.4 Å². The fourth-order valence-electron chi connectivity index (χ4n) is 3.27. The third-order valence-electron chi connectivity index (χ3n) is 4.80. The zero-order chi connectivity index (χ0) is 25.2. The van der Waals surface area contributed by atoms with Crippen LogP contribution in [0.15, 0.2) is 41.3 Å². The zero-order valence-electron chi connectivity index (χ0n) is 18.6. The maximum Gasteiger partial charge on any atom is 0.408 e. The molecule has 6 nitrogen and oxygen atoms in total. The fourth-order valence-corrected chi connectivity index (χ4v) is 4.56. The number of hydrogen-bond acceptors (Lipinski definition) is 5. The molecule has 2 aromatic rings. The molecule has 0 saturated carbocycles. The number of hydrogen-bond donors (Lipinski definition) is 2. The minimum absolute atomic E-state index is 0.0516. The highest BCUT2D eigenvalue weighted by atomic mass is 35.5. The third kappa shape index (κ3) is 6.36. The Morgan fingerprint density at radius 1 is 1.21 bits per heavy atom. The number of halogens is 3. The van der Waals surface area contributed by atoms with Crippen molar-refractivity contribution in [3.63, 3.8) is 0 Å². The van der Waals surface area contributed by atoms with Crippen molar-refractivity contribution in [3.05, 3.63) is 69.8 Å². The molecular weight excluding hydrogens is 488 g/mol. The van der Waals surface area contributed by atoms with Gasteiger partial charge in [0.15, 0.2) is 5.78 Å². The molecule has 3 rings (SSSR count). The minimum atomic E-state index is -1.47. The van der Waals surface area contributed by atoms with Crippen molar-refractivity contribution in [1.82, 2.24) is 5.32 Å². The van der Waals surface area contributed by atoms with Crippen LogP contribution < -0.4 is 5.32 Å². The minimum Gasteiger partial charge on any atom is -0.478 e. The molecule has 1 heterocycles. The lowest BCUT2D eigenvalue weighted by molar-refractivity contribution is -0.116. The maximum absolute atomic E-state index is 14.5. The molecule has 1 atom stereocenters. The number of alkyl carbamates (subject to hydrolysis) is 1. The Labute approximate surface area is 204 Å². The SMILES string of the molecule is CC(C)(C)OC(=O)N[C@H]1CSc2cc(F)c(C(=O)O)cc2C(Cc2ccc(Cl)cc2F)=CC1=O. The number of amides is 1. The molecule has 1 amide bonds. The molecule has 0 bridgehead atoms. The van der Waals surface area contributed by atoms with Crippen molar-refractivity contribution in [2.75, 3.05) is 5.75 Å². The summed E-state index contributed by atoms with van der Waals surface area (Å²) in [5.74, 6) is -3.47. The molecule has 0 unspecified atom stereocenters. The second-order valence-electron chi connectivity index (χ2n) is 8.63. The summed E-state index contributed by atoms with van der Waals surface area (Å²) in [5, 5.41) is 12.1. The van der Waals surface area contributed by atoms with E-state index in [2.05, 4.69) is 5.32 Å². The van der Waals surface area contributed by atoms with Gasteiger partial charge in [-0.15, -0.1) is 11.8 Å². The normalized spacial score (nSPS) is 16.1. The number of thioether (sulfide) groups is 1. The van der Waals surface area contributed by atoms with E-state index in [4.69, 9.17) is 16.3 Å². The van der Waals surface area contributed by atoms with Crippen LogP contribution in [0.5, 0.6) is 0 Å². The summed E-state index contributed by atoms with van der Waals surface area (Å²) in [7, 11) is 0. The molecule has 1 aliphatic heterocycles. The first-order chi connectivity index (χ1) is 15.8. The van der Waals surface area contributed by atoms with Crippen molar-refractivity contribution in [1.29, 1.82) is 0 Å². The van der Waals surface area contributed by atoms with Crippen molar-refractivity contribution in [3.8, 4) is 0 Å². The number of aromatic carboxylic acids is 1. The van der Waals surface area contributed by atoms with Crippen LogP contribution in [0.4, 0.5) is 13.6 Å². The van der Waals surface area contributed by atoms with E-state index >= 15 is 0 Å². The Balaban J connectivity index is 2.05. The van der Waals surface area contributed by atoms with Gasteiger partial charge in [0.1, 0.15) is 23.3 Å². The Hall–Kier alpha value is -2.91. The number of ether oxygens (including phenoxy) is 1. The maximum atomic E-state index is 14.5. The third-order valence-corrected chi connectivity index (χ3v) is 6.18. The average Bonchev–Trinajstić information content (AvgIpc) is 2.70. The van der Waals surface area contributed by atoms with Gasteiger partial charge < -0.3 is 15.2 Å². The Kier molecular flexibility index (Phi) is 7.67. The number of carbonyl (C=O) groups excluding carboxylic acids is 2. The molecule has 0 aromatic heterocycles. The molecule has 10 heteroatoms. The first-order valence-electron chi connectivity index (χ1n) is 10.2. The van der Waals surface area contributed by atoms with Gasteiger partial charge in [0.05, 0.1) is 5.56 Å². The largest absolute Gasteiger partial charge is 0.478 e. The van der Waals surface area contributed by atoms with Crippen LogP contribution in [0.3, 0.4) is 0 Å². The quantitative estimate of drug-likeness (QED) is 0.564. The van der Waals surface area contributed by atoms with Crippen molar-refractivity contribution in [2.45, 2.75) is 43.7 Å². The second kappa shape index (κ2) is 10.1. The van der Waals surface area contributed by atoms with Crippen LogP contribution in [-0.2, 0) is 16.0 Å².